The third kappa shape index (κ3) is 2.23. The van der Waals surface area contributed by atoms with Crippen LogP contribution in [0.4, 0.5) is 5.95 Å². The summed E-state index contributed by atoms with van der Waals surface area (Å²) in [5, 5.41) is 0. The van der Waals surface area contributed by atoms with Gasteiger partial charge in [-0.2, -0.15) is 0 Å². The number of aromatic nitrogens is 2. The highest BCUT2D eigenvalue weighted by atomic mass is 79.9. The fraction of sp³-hybridized carbons (Fsp3) is 0.600. The van der Waals surface area contributed by atoms with E-state index in [2.05, 4.69) is 25.9 Å². The quantitative estimate of drug-likeness (QED) is 0.783. The molecule has 0 bridgehead atoms. The summed E-state index contributed by atoms with van der Waals surface area (Å²) in [7, 11) is 0. The zero-order valence-corrected chi connectivity index (χ0v) is 8.46. The van der Waals surface area contributed by atoms with Gasteiger partial charge in [-0.1, -0.05) is 6.85 Å². The van der Waals surface area contributed by atoms with Gasteiger partial charge in [0.15, 0.2) is 0 Å². The first-order valence-corrected chi connectivity index (χ1v) is 4.44. The van der Waals surface area contributed by atoms with Crippen LogP contribution in [-0.4, -0.2) is 23.0 Å². The lowest BCUT2D eigenvalue weighted by Gasteiger charge is -2.30. The Labute approximate surface area is 110 Å². The van der Waals surface area contributed by atoms with Gasteiger partial charge in [-0.3, -0.25) is 0 Å². The van der Waals surface area contributed by atoms with Gasteiger partial charge in [0.1, 0.15) is 0 Å². The van der Waals surface area contributed by atoms with Crippen molar-refractivity contribution in [1.82, 2.24) is 9.97 Å². The van der Waals surface area contributed by atoms with Crippen LogP contribution in [-0.2, 0) is 0 Å². The highest BCUT2D eigenvalue weighted by molar-refractivity contribution is 9.10. The van der Waals surface area contributed by atoms with E-state index in [-0.39, 0.29) is 4.90 Å². The van der Waals surface area contributed by atoms with E-state index in [0.29, 0.717) is 4.47 Å². The van der Waals surface area contributed by atoms with E-state index in [1.807, 2.05) is 0 Å². The third-order valence-electron chi connectivity index (χ3n) is 1.39. The maximum Gasteiger partial charge on any atom is 0.225 e. The number of piperidine rings is 1. The van der Waals surface area contributed by atoms with Crippen molar-refractivity contribution in [2.24, 2.45) is 5.89 Å². The Balaban J connectivity index is 2.86. The maximum atomic E-state index is 8.11. The smallest absolute Gasteiger partial charge is 0.225 e. The second-order valence-electron chi connectivity index (χ2n) is 2.39. The van der Waals surface area contributed by atoms with Gasteiger partial charge in [0.2, 0.25) is 5.95 Å². The molecule has 4 heteroatoms. The first kappa shape index (κ1) is 2.94. The van der Waals surface area contributed by atoms with Gasteiger partial charge < -0.3 is 4.90 Å². The van der Waals surface area contributed by atoms with Gasteiger partial charge in [-0.15, -0.1) is 0 Å². The number of anilines is 1. The summed E-state index contributed by atoms with van der Waals surface area (Å²) in [5.41, 5.74) is 0. The van der Waals surface area contributed by atoms with Gasteiger partial charge in [-0.25, -0.2) is 9.97 Å². The minimum atomic E-state index is -3.76. The average molecular weight is 268 g/mol. The van der Waals surface area contributed by atoms with Crippen molar-refractivity contribution in [2.45, 2.75) is 19.6 Å². The van der Waals surface area contributed by atoms with Crippen LogP contribution in [0, 0.1) is 5.89 Å². The van der Waals surface area contributed by atoms with Gasteiger partial charge in [0.05, 0.1) is 4.47 Å². The molecule has 0 spiro atoms. The largest absolute Gasteiger partial charge is 0.341 e. The van der Waals surface area contributed by atoms with E-state index in [0.717, 1.165) is 12.4 Å². The molecule has 14 heavy (non-hydrogen) atoms. The zero-order chi connectivity index (χ0) is 20.6. The second kappa shape index (κ2) is 4.26. The monoisotopic (exact) mass is 267 g/mol. The van der Waals surface area contributed by atoms with Gasteiger partial charge in [0.25, 0.3) is 0 Å². The molecule has 0 aromatic carbocycles. The normalized spacial score (nSPS) is 48.8. The van der Waals surface area contributed by atoms with E-state index in [9.17, 15) is 0 Å². The minimum absolute atomic E-state index is 0.0188. The average Bonchev–Trinajstić information content (AvgIpc) is 2.45. The van der Waals surface area contributed by atoms with Crippen LogP contribution in [0.5, 0.6) is 0 Å². The molecule has 3 nitrogen and oxygen atoms in total. The number of rotatable bonds is 1. The molecule has 0 amide bonds. The van der Waals surface area contributed by atoms with Crippen molar-refractivity contribution >= 4 is 21.9 Å². The summed E-state index contributed by atoms with van der Waals surface area (Å²) in [6.07, 6.45) is -5.11. The fourth-order valence-electron chi connectivity index (χ4n) is 0.804. The molecule has 1 aromatic rings. The Hall–Kier alpha value is -0.640. The van der Waals surface area contributed by atoms with Crippen LogP contribution in [0.25, 0.3) is 0 Å². The van der Waals surface area contributed by atoms with E-state index in [1.54, 1.807) is 0 Å². The molecule has 1 aliphatic heterocycles. The van der Waals surface area contributed by atoms with Gasteiger partial charge in [-0.05, 0) is 34.6 Å². The molecular weight excluding hydrogens is 242 g/mol. The van der Waals surface area contributed by atoms with Crippen molar-refractivity contribution in [3.8, 4) is 0 Å². The molecule has 2 rings (SSSR count). The molecule has 0 atom stereocenters. The highest BCUT2D eigenvalue weighted by Gasteiger charge is 2.17. The molecular formula is C10H14BrN3. The fourth-order valence-corrected chi connectivity index (χ4v) is 1.01. The van der Waals surface area contributed by atoms with Gasteiger partial charge in [0, 0.05) is 41.8 Å². The predicted octanol–water partition coefficient (Wildman–Crippen LogP) is 2.48. The van der Waals surface area contributed by atoms with Crippen molar-refractivity contribution in [3.05, 3.63) is 16.9 Å². The summed E-state index contributed by atoms with van der Waals surface area (Å²) in [6.45, 7) is -10.6. The molecule has 0 unspecified atom stereocenters. The Morgan fingerprint density at radius 3 is 2.79 bits per heavy atom. The molecule has 1 aromatic heterocycles. The second-order valence-corrected chi connectivity index (χ2v) is 3.30. The maximum absolute atomic E-state index is 8.11. The Morgan fingerprint density at radius 1 is 1.57 bits per heavy atom. The first-order chi connectivity index (χ1) is 11.4. The Kier molecular flexibility index (Phi) is 0.893. The van der Waals surface area contributed by atoms with Crippen molar-refractivity contribution in [1.29, 1.82) is 0 Å². The number of hydrogen-bond donors (Lipinski definition) is 0. The summed E-state index contributed by atoms with van der Waals surface area (Å²) in [5.74, 6) is -4.45. The van der Waals surface area contributed by atoms with E-state index >= 15 is 0 Å². The van der Waals surface area contributed by atoms with E-state index < -0.39 is 44.4 Å². The Bertz CT molecular complexity index is 672. The molecule has 1 saturated heterocycles. The standard InChI is InChI=1S/C10H14BrN3/c1-8-2-4-14(5-3-8)10-12-6-9(11)7-13-10/h6-8H,2-5H2,1H3/i1D3,2D2,3D2,4D2,5D2,8D. The zero-order valence-electron chi connectivity index (χ0n) is 18.9. The summed E-state index contributed by atoms with van der Waals surface area (Å²) in [4.78, 5) is 7.39. The van der Waals surface area contributed by atoms with Crippen LogP contribution >= 0.6 is 15.9 Å². The lowest BCUT2D eigenvalue weighted by Crippen LogP contribution is -2.33. The molecule has 0 saturated carbocycles. The highest BCUT2D eigenvalue weighted by Crippen LogP contribution is 2.20. The van der Waals surface area contributed by atoms with Crippen LogP contribution < -0.4 is 4.90 Å². The van der Waals surface area contributed by atoms with Crippen molar-refractivity contribution < 1.29 is 16.4 Å². The van der Waals surface area contributed by atoms with Crippen molar-refractivity contribution in [2.75, 3.05) is 17.9 Å². The molecule has 0 N–H and O–H groups in total. The van der Waals surface area contributed by atoms with Crippen LogP contribution in [0.2, 0.25) is 0 Å². The number of halogens is 1. The Morgan fingerprint density at radius 2 is 2.21 bits per heavy atom. The molecule has 1 fully saturated rings. The topological polar surface area (TPSA) is 29.0 Å². The van der Waals surface area contributed by atoms with Crippen molar-refractivity contribution in [3.63, 3.8) is 0 Å². The van der Waals surface area contributed by atoms with Crippen LogP contribution in [0.15, 0.2) is 16.9 Å². The predicted molar refractivity (Wildman–Crippen MR) is 60.3 cm³/mol. The molecule has 0 aliphatic carbocycles. The molecule has 2 heterocycles. The summed E-state index contributed by atoms with van der Waals surface area (Å²) >= 11 is 3.03. The lowest BCUT2D eigenvalue weighted by molar-refractivity contribution is 0.434. The third-order valence-corrected chi connectivity index (χ3v) is 1.80. The summed E-state index contributed by atoms with van der Waals surface area (Å²) < 4.78 is 95.3. The number of hydrogen-bond acceptors (Lipinski definition) is 3. The summed E-state index contributed by atoms with van der Waals surface area (Å²) in [6, 6.07) is 0. The minimum Gasteiger partial charge on any atom is -0.341 e. The first-order valence-electron chi connectivity index (χ1n) is 9.65. The van der Waals surface area contributed by atoms with E-state index in [4.69, 9.17) is 16.4 Å². The lowest BCUT2D eigenvalue weighted by atomic mass is 10.00. The van der Waals surface area contributed by atoms with E-state index in [1.165, 1.54) is 0 Å². The van der Waals surface area contributed by atoms with Gasteiger partial charge >= 0.3 is 0 Å². The van der Waals surface area contributed by atoms with Crippen LogP contribution in [0.1, 0.15) is 36.0 Å². The molecule has 1 aliphatic rings. The molecule has 76 valence electrons. The number of nitrogens with zero attached hydrogens (tertiary/aromatic N) is 3. The SMILES string of the molecule is [2H]C([2H])([2H])C1([2H])C([2H])([2H])C([2H])([2H])N(c2ncc(Br)cn2)C([2H])([2H])C1([2H])[2H]. The van der Waals surface area contributed by atoms with Crippen LogP contribution in [0.3, 0.4) is 0 Å². The molecule has 0 radical (unpaired) electrons.